The van der Waals surface area contributed by atoms with Gasteiger partial charge in [0.1, 0.15) is 0 Å². The normalized spacial score (nSPS) is 26.3. The monoisotopic (exact) mass is 428 g/mol. The van der Waals surface area contributed by atoms with E-state index in [1.807, 2.05) is 4.90 Å². The van der Waals surface area contributed by atoms with Gasteiger partial charge in [-0.1, -0.05) is 32.9 Å². The summed E-state index contributed by atoms with van der Waals surface area (Å²) in [6.07, 6.45) is 0.772. The number of carbonyl (C=O) groups excluding carboxylic acids is 1. The van der Waals surface area contributed by atoms with Crippen LogP contribution in [0.2, 0.25) is 0 Å². The Morgan fingerprint density at radius 1 is 1.00 bits per heavy atom. The zero-order valence-corrected chi connectivity index (χ0v) is 18.2. The van der Waals surface area contributed by atoms with Crippen molar-refractivity contribution >= 4 is 26.1 Å². The highest BCUT2D eigenvalue weighted by molar-refractivity contribution is 7.96. The predicted molar refractivity (Wildman–Crippen MR) is 108 cm³/mol. The first-order valence-electron chi connectivity index (χ1n) is 9.42. The average molecular weight is 429 g/mol. The molecule has 1 aromatic carbocycles. The molecular formula is C19H28N2O5S2. The van der Waals surface area contributed by atoms with Gasteiger partial charge in [-0.3, -0.25) is 9.69 Å². The summed E-state index contributed by atoms with van der Waals surface area (Å²) >= 11 is 0. The summed E-state index contributed by atoms with van der Waals surface area (Å²) < 4.78 is 51.2. The van der Waals surface area contributed by atoms with Crippen LogP contribution < -0.4 is 0 Å². The van der Waals surface area contributed by atoms with Crippen LogP contribution in [-0.4, -0.2) is 82.0 Å². The van der Waals surface area contributed by atoms with Gasteiger partial charge in [-0.15, -0.1) is 0 Å². The molecule has 2 aliphatic rings. The highest BCUT2D eigenvalue weighted by Gasteiger charge is 2.48. The number of nitrogens with zero attached hydrogens (tertiary/aromatic N) is 2. The number of benzene rings is 1. The van der Waals surface area contributed by atoms with Crippen molar-refractivity contribution in [3.63, 3.8) is 0 Å². The Hall–Kier alpha value is -1.45. The summed E-state index contributed by atoms with van der Waals surface area (Å²) in [4.78, 5) is 14.6. The van der Waals surface area contributed by atoms with Crippen LogP contribution in [-0.2, 0) is 29.9 Å². The lowest BCUT2D eigenvalue weighted by Crippen LogP contribution is -2.54. The third-order valence-corrected chi connectivity index (χ3v) is 9.82. The molecule has 2 fully saturated rings. The van der Waals surface area contributed by atoms with Crippen LogP contribution in [0.25, 0.3) is 0 Å². The van der Waals surface area contributed by atoms with Gasteiger partial charge in [-0.05, 0) is 23.1 Å². The highest BCUT2D eigenvalue weighted by atomic mass is 32.2. The van der Waals surface area contributed by atoms with E-state index in [2.05, 4.69) is 20.8 Å². The molecule has 2 saturated heterocycles. The molecule has 7 nitrogen and oxygen atoms in total. The lowest BCUT2D eigenvalue weighted by Gasteiger charge is -2.38. The lowest BCUT2D eigenvalue weighted by atomic mass is 9.87. The molecule has 2 atom stereocenters. The smallest absolute Gasteiger partial charge is 0.209 e. The van der Waals surface area contributed by atoms with Gasteiger partial charge in [0.25, 0.3) is 0 Å². The van der Waals surface area contributed by atoms with Crippen LogP contribution in [0.1, 0.15) is 26.3 Å². The lowest BCUT2D eigenvalue weighted by molar-refractivity contribution is -0.119. The molecule has 0 radical (unpaired) electrons. The molecule has 2 aliphatic heterocycles. The molecular weight excluding hydrogens is 400 g/mol. The summed E-state index contributed by atoms with van der Waals surface area (Å²) in [6, 6.07) is 6.19. The van der Waals surface area contributed by atoms with Crippen LogP contribution >= 0.6 is 0 Å². The molecule has 0 spiro atoms. The van der Waals surface area contributed by atoms with E-state index in [9.17, 15) is 21.6 Å². The van der Waals surface area contributed by atoms with Crippen molar-refractivity contribution in [1.29, 1.82) is 0 Å². The van der Waals surface area contributed by atoms with E-state index in [1.165, 1.54) is 0 Å². The number of piperazine rings is 1. The second-order valence-corrected chi connectivity index (χ2v) is 13.0. The number of sulfone groups is 2. The van der Waals surface area contributed by atoms with E-state index < -0.39 is 31.0 Å². The highest BCUT2D eigenvalue weighted by Crippen LogP contribution is 2.31. The zero-order chi connectivity index (χ0) is 20.7. The standard InChI is InChI=1S/C19H28N2O5S2/c1-19(2,3)15-4-6-16(7-5-15)28(25,26)18-13-27(23,24)12-17(18)21-10-8-20(14-22)9-11-21/h4-7,14,17-18H,8-13H2,1-3H3/t17-,18-/m0/s1. The van der Waals surface area contributed by atoms with Gasteiger partial charge in [0.05, 0.1) is 21.7 Å². The first-order valence-corrected chi connectivity index (χ1v) is 12.8. The van der Waals surface area contributed by atoms with Crippen LogP contribution in [0.5, 0.6) is 0 Å². The molecule has 1 aromatic rings. The Labute approximate surface area is 167 Å². The van der Waals surface area contributed by atoms with Gasteiger partial charge in [-0.2, -0.15) is 0 Å². The van der Waals surface area contributed by atoms with Gasteiger partial charge in [-0.25, -0.2) is 16.8 Å². The Bertz CT molecular complexity index is 926. The third-order valence-electron chi connectivity index (χ3n) is 5.69. The second kappa shape index (κ2) is 7.42. The van der Waals surface area contributed by atoms with Crippen molar-refractivity contribution in [2.75, 3.05) is 37.7 Å². The minimum atomic E-state index is -3.79. The molecule has 156 valence electrons. The van der Waals surface area contributed by atoms with Gasteiger partial charge < -0.3 is 4.90 Å². The first-order chi connectivity index (χ1) is 12.9. The van der Waals surface area contributed by atoms with E-state index in [0.29, 0.717) is 26.2 Å². The van der Waals surface area contributed by atoms with E-state index in [4.69, 9.17) is 0 Å². The number of rotatable bonds is 4. The summed E-state index contributed by atoms with van der Waals surface area (Å²) in [5.41, 5.74) is 0.923. The zero-order valence-electron chi connectivity index (χ0n) is 16.5. The minimum absolute atomic E-state index is 0.0974. The Balaban J connectivity index is 1.89. The Morgan fingerprint density at radius 2 is 1.57 bits per heavy atom. The average Bonchev–Trinajstić information content (AvgIpc) is 2.97. The van der Waals surface area contributed by atoms with Crippen molar-refractivity contribution in [3.05, 3.63) is 29.8 Å². The van der Waals surface area contributed by atoms with E-state index in [1.54, 1.807) is 29.2 Å². The first kappa shape index (κ1) is 21.3. The van der Waals surface area contributed by atoms with Crippen molar-refractivity contribution in [3.8, 4) is 0 Å². The fourth-order valence-corrected chi connectivity index (χ4v) is 8.76. The SMILES string of the molecule is CC(C)(C)c1ccc(S(=O)(=O)[C@H]2CS(=O)(=O)C[C@@H]2N2CCN(C=O)CC2)cc1. The van der Waals surface area contributed by atoms with Crippen molar-refractivity contribution in [2.24, 2.45) is 0 Å². The maximum Gasteiger partial charge on any atom is 0.209 e. The summed E-state index contributed by atoms with van der Waals surface area (Å²) in [5.74, 6) is -0.507. The summed E-state index contributed by atoms with van der Waals surface area (Å²) in [6.45, 7) is 8.07. The van der Waals surface area contributed by atoms with E-state index in [-0.39, 0.29) is 21.8 Å². The molecule has 0 aliphatic carbocycles. The van der Waals surface area contributed by atoms with Gasteiger partial charge >= 0.3 is 0 Å². The summed E-state index contributed by atoms with van der Waals surface area (Å²) in [7, 11) is -7.23. The van der Waals surface area contributed by atoms with Crippen molar-refractivity contribution < 1.29 is 21.6 Å². The molecule has 2 heterocycles. The van der Waals surface area contributed by atoms with Gasteiger partial charge in [0.15, 0.2) is 19.7 Å². The third kappa shape index (κ3) is 4.26. The number of carbonyl (C=O) groups is 1. The van der Waals surface area contributed by atoms with E-state index in [0.717, 1.165) is 12.0 Å². The summed E-state index contributed by atoms with van der Waals surface area (Å²) in [5, 5.41) is -0.985. The molecule has 0 aromatic heterocycles. The topological polar surface area (TPSA) is 91.8 Å². The maximum atomic E-state index is 13.3. The minimum Gasteiger partial charge on any atom is -0.343 e. The molecule has 1 amide bonds. The van der Waals surface area contributed by atoms with E-state index >= 15 is 0 Å². The largest absolute Gasteiger partial charge is 0.343 e. The van der Waals surface area contributed by atoms with Crippen LogP contribution in [0.15, 0.2) is 29.2 Å². The molecule has 0 N–H and O–H groups in total. The maximum absolute atomic E-state index is 13.3. The second-order valence-electron chi connectivity index (χ2n) is 8.68. The Morgan fingerprint density at radius 3 is 2.07 bits per heavy atom. The van der Waals surface area contributed by atoms with Gasteiger partial charge in [0.2, 0.25) is 6.41 Å². The fourth-order valence-electron chi connectivity index (χ4n) is 3.93. The molecule has 0 bridgehead atoms. The van der Waals surface area contributed by atoms with Crippen molar-refractivity contribution in [1.82, 2.24) is 9.80 Å². The number of amides is 1. The molecule has 0 unspecified atom stereocenters. The number of hydrogen-bond acceptors (Lipinski definition) is 6. The molecule has 3 rings (SSSR count). The molecule has 28 heavy (non-hydrogen) atoms. The van der Waals surface area contributed by atoms with Crippen molar-refractivity contribution in [2.45, 2.75) is 42.4 Å². The molecule has 0 saturated carbocycles. The number of hydrogen-bond donors (Lipinski definition) is 0. The van der Waals surface area contributed by atoms with Crippen LogP contribution in [0, 0.1) is 0 Å². The Kier molecular flexibility index (Phi) is 5.64. The predicted octanol–water partition coefficient (Wildman–Crippen LogP) is 0.697. The van der Waals surface area contributed by atoms with Gasteiger partial charge in [0, 0.05) is 32.2 Å². The fraction of sp³-hybridized carbons (Fsp3) is 0.632. The van der Waals surface area contributed by atoms with Crippen LogP contribution in [0.3, 0.4) is 0 Å². The quantitative estimate of drug-likeness (QED) is 0.656. The molecule has 9 heteroatoms. The van der Waals surface area contributed by atoms with Crippen LogP contribution in [0.4, 0.5) is 0 Å².